The van der Waals surface area contributed by atoms with Gasteiger partial charge in [0, 0.05) is 6.26 Å². The number of hydrogen-bond donors (Lipinski definition) is 3. The quantitative estimate of drug-likeness (QED) is 0.459. The number of aliphatic hydroxyl groups is 2. The fourth-order valence-electron chi connectivity index (χ4n) is 0.650. The molecule has 0 aliphatic carbocycles. The molecule has 0 radical (unpaired) electrons. The number of aliphatic carboxylic acids is 1. The predicted octanol–water partition coefficient (Wildman–Crippen LogP) is -1.81. The lowest BCUT2D eigenvalue weighted by atomic mass is 10.3. The van der Waals surface area contributed by atoms with Crippen molar-refractivity contribution in [2.24, 2.45) is 0 Å². The molecule has 0 heterocycles. The second-order valence-corrected chi connectivity index (χ2v) is 4.64. The van der Waals surface area contributed by atoms with Crippen LogP contribution in [0.5, 0.6) is 0 Å². The van der Waals surface area contributed by atoms with Crippen molar-refractivity contribution in [1.29, 1.82) is 0 Å². The van der Waals surface area contributed by atoms with Crippen LogP contribution in [0, 0.1) is 0 Å². The normalized spacial score (nSPS) is 14.7. The Morgan fingerprint density at radius 2 is 1.83 bits per heavy atom. The lowest BCUT2D eigenvalue weighted by Gasteiger charge is -2.13. The maximum atomic E-state index is 10.7. The van der Waals surface area contributed by atoms with Crippen molar-refractivity contribution >= 4 is 15.8 Å². The second-order valence-electron chi connectivity index (χ2n) is 2.38. The summed E-state index contributed by atoms with van der Waals surface area (Å²) in [6.07, 6.45) is -2.22. The molecule has 0 aromatic rings. The standard InChI is InChI=1S/C5H10O6S/c1-12(10,11)3(5(8)9)2-4(6)7/h3,5,8-9H,2H2,1H3,(H,6,7). The Morgan fingerprint density at radius 1 is 1.42 bits per heavy atom. The number of carboxylic acid groups (broad SMARTS) is 1. The van der Waals surface area contributed by atoms with Crippen LogP contribution in [0.4, 0.5) is 0 Å². The highest BCUT2D eigenvalue weighted by atomic mass is 32.2. The van der Waals surface area contributed by atoms with E-state index < -0.39 is 33.8 Å². The van der Waals surface area contributed by atoms with E-state index in [1.165, 1.54) is 0 Å². The molecular weight excluding hydrogens is 188 g/mol. The third-order valence-electron chi connectivity index (χ3n) is 1.26. The largest absolute Gasteiger partial charge is 0.481 e. The molecule has 1 unspecified atom stereocenters. The third-order valence-corrected chi connectivity index (χ3v) is 2.77. The molecule has 7 heteroatoms. The van der Waals surface area contributed by atoms with Gasteiger partial charge >= 0.3 is 5.97 Å². The van der Waals surface area contributed by atoms with E-state index in [9.17, 15) is 13.2 Å². The summed E-state index contributed by atoms with van der Waals surface area (Å²) in [6, 6.07) is 0. The zero-order valence-corrected chi connectivity index (χ0v) is 7.15. The van der Waals surface area contributed by atoms with Gasteiger partial charge in [0.25, 0.3) is 0 Å². The average Bonchev–Trinajstić information content (AvgIpc) is 1.79. The van der Waals surface area contributed by atoms with Gasteiger partial charge in [-0.05, 0) is 0 Å². The molecule has 0 aliphatic heterocycles. The van der Waals surface area contributed by atoms with E-state index in [4.69, 9.17) is 15.3 Å². The van der Waals surface area contributed by atoms with E-state index >= 15 is 0 Å². The Bertz CT molecular complexity index is 253. The Labute approximate surface area is 69.4 Å². The summed E-state index contributed by atoms with van der Waals surface area (Å²) >= 11 is 0. The zero-order chi connectivity index (χ0) is 9.94. The minimum absolute atomic E-state index is 0.750. The van der Waals surface area contributed by atoms with Crippen molar-refractivity contribution in [3.05, 3.63) is 0 Å². The van der Waals surface area contributed by atoms with E-state index in [0.717, 1.165) is 6.26 Å². The van der Waals surface area contributed by atoms with Crippen molar-refractivity contribution in [2.45, 2.75) is 18.0 Å². The summed E-state index contributed by atoms with van der Waals surface area (Å²) < 4.78 is 21.5. The topological polar surface area (TPSA) is 112 Å². The van der Waals surface area contributed by atoms with E-state index in [2.05, 4.69) is 0 Å². The first-order chi connectivity index (χ1) is 5.25. The molecule has 0 spiro atoms. The minimum atomic E-state index is -3.74. The van der Waals surface area contributed by atoms with Crippen molar-refractivity contribution < 1.29 is 28.5 Å². The molecule has 6 nitrogen and oxygen atoms in total. The Morgan fingerprint density at radius 3 is 1.92 bits per heavy atom. The Kier molecular flexibility index (Phi) is 3.62. The summed E-state index contributed by atoms with van der Waals surface area (Å²) in [5.41, 5.74) is 0. The van der Waals surface area contributed by atoms with Crippen molar-refractivity contribution in [3.8, 4) is 0 Å². The molecule has 0 aromatic carbocycles. The van der Waals surface area contributed by atoms with Gasteiger partial charge in [-0.2, -0.15) is 0 Å². The van der Waals surface area contributed by atoms with E-state index in [0.29, 0.717) is 0 Å². The maximum absolute atomic E-state index is 10.7. The fraction of sp³-hybridized carbons (Fsp3) is 0.800. The van der Waals surface area contributed by atoms with Gasteiger partial charge in [-0.25, -0.2) is 8.42 Å². The molecule has 3 N–H and O–H groups in total. The number of sulfone groups is 1. The van der Waals surface area contributed by atoms with E-state index in [-0.39, 0.29) is 0 Å². The van der Waals surface area contributed by atoms with Gasteiger partial charge in [-0.3, -0.25) is 4.79 Å². The van der Waals surface area contributed by atoms with Crippen LogP contribution in [0.25, 0.3) is 0 Å². The van der Waals surface area contributed by atoms with Gasteiger partial charge in [0.05, 0.1) is 6.42 Å². The first-order valence-corrected chi connectivity index (χ1v) is 4.97. The van der Waals surface area contributed by atoms with Crippen molar-refractivity contribution in [2.75, 3.05) is 6.26 Å². The van der Waals surface area contributed by atoms with Gasteiger partial charge in [0.2, 0.25) is 0 Å². The number of carboxylic acids is 1. The van der Waals surface area contributed by atoms with Crippen molar-refractivity contribution in [1.82, 2.24) is 0 Å². The van der Waals surface area contributed by atoms with Crippen LogP contribution in [0.2, 0.25) is 0 Å². The molecule has 12 heavy (non-hydrogen) atoms. The molecule has 0 saturated carbocycles. The molecule has 0 rings (SSSR count). The zero-order valence-electron chi connectivity index (χ0n) is 6.34. The molecule has 0 aliphatic rings. The number of rotatable bonds is 4. The Balaban J connectivity index is 4.58. The number of carbonyl (C=O) groups is 1. The molecule has 0 aromatic heterocycles. The lowest BCUT2D eigenvalue weighted by Crippen LogP contribution is -2.35. The molecule has 0 bridgehead atoms. The summed E-state index contributed by atoms with van der Waals surface area (Å²) in [5, 5.41) is 23.6. The van der Waals surface area contributed by atoms with E-state index in [1.54, 1.807) is 0 Å². The van der Waals surface area contributed by atoms with Gasteiger partial charge in [0.1, 0.15) is 5.25 Å². The van der Waals surface area contributed by atoms with Crippen LogP contribution < -0.4 is 0 Å². The SMILES string of the molecule is CS(=O)(=O)C(CC(=O)O)C(O)O. The van der Waals surface area contributed by atoms with Gasteiger partial charge < -0.3 is 15.3 Å². The predicted molar refractivity (Wildman–Crippen MR) is 39.1 cm³/mol. The fourth-order valence-corrected chi connectivity index (χ4v) is 1.54. The van der Waals surface area contributed by atoms with Gasteiger partial charge in [-0.1, -0.05) is 0 Å². The minimum Gasteiger partial charge on any atom is -0.481 e. The van der Waals surface area contributed by atoms with Crippen LogP contribution in [0.15, 0.2) is 0 Å². The summed E-state index contributed by atoms with van der Waals surface area (Å²) in [7, 11) is -3.74. The van der Waals surface area contributed by atoms with Gasteiger partial charge in [0.15, 0.2) is 16.1 Å². The monoisotopic (exact) mass is 198 g/mol. The smallest absolute Gasteiger partial charge is 0.304 e. The highest BCUT2D eigenvalue weighted by Gasteiger charge is 2.29. The summed E-state index contributed by atoms with van der Waals surface area (Å²) in [5.74, 6) is -1.39. The first-order valence-electron chi connectivity index (χ1n) is 3.02. The van der Waals surface area contributed by atoms with Crippen molar-refractivity contribution in [3.63, 3.8) is 0 Å². The average molecular weight is 198 g/mol. The van der Waals surface area contributed by atoms with Gasteiger partial charge in [-0.15, -0.1) is 0 Å². The number of aliphatic hydroxyl groups excluding tert-OH is 1. The second kappa shape index (κ2) is 3.83. The Hall–Kier alpha value is -0.660. The van der Waals surface area contributed by atoms with Crippen LogP contribution in [-0.2, 0) is 14.6 Å². The van der Waals surface area contributed by atoms with Crippen LogP contribution in [0.3, 0.4) is 0 Å². The van der Waals surface area contributed by atoms with Crippen LogP contribution in [0.1, 0.15) is 6.42 Å². The molecule has 0 amide bonds. The summed E-state index contributed by atoms with van der Waals surface area (Å²) in [4.78, 5) is 10.1. The molecule has 1 atom stereocenters. The molecular formula is C5H10O6S. The molecule has 0 saturated heterocycles. The lowest BCUT2D eigenvalue weighted by molar-refractivity contribution is -0.139. The number of hydrogen-bond acceptors (Lipinski definition) is 5. The molecule has 72 valence electrons. The highest BCUT2D eigenvalue weighted by Crippen LogP contribution is 2.07. The highest BCUT2D eigenvalue weighted by molar-refractivity contribution is 7.91. The van der Waals surface area contributed by atoms with Crippen LogP contribution >= 0.6 is 0 Å². The summed E-state index contributed by atoms with van der Waals surface area (Å²) in [6.45, 7) is 0. The molecule has 0 fully saturated rings. The van der Waals surface area contributed by atoms with Crippen LogP contribution in [-0.4, -0.2) is 47.5 Å². The van der Waals surface area contributed by atoms with E-state index in [1.807, 2.05) is 0 Å². The maximum Gasteiger partial charge on any atom is 0.304 e. The third kappa shape index (κ3) is 3.65. The first kappa shape index (κ1) is 11.3.